The van der Waals surface area contributed by atoms with Gasteiger partial charge < -0.3 is 14.1 Å². The molecular formula is C16H23NO3. The van der Waals surface area contributed by atoms with Crippen molar-refractivity contribution in [2.24, 2.45) is 11.3 Å². The number of carbonyl (C=O) groups excluding carboxylic acids is 1. The quantitative estimate of drug-likeness (QED) is 0.853. The Morgan fingerprint density at radius 1 is 1.45 bits per heavy atom. The fraction of sp³-hybridized carbons (Fsp3) is 0.688. The van der Waals surface area contributed by atoms with E-state index in [-0.39, 0.29) is 17.4 Å². The highest BCUT2D eigenvalue weighted by Gasteiger charge is 2.61. The maximum Gasteiger partial charge on any atom is 0.289 e. The van der Waals surface area contributed by atoms with Crippen molar-refractivity contribution in [3.8, 4) is 0 Å². The van der Waals surface area contributed by atoms with E-state index in [9.17, 15) is 4.79 Å². The van der Waals surface area contributed by atoms with Crippen LogP contribution in [0.2, 0.25) is 0 Å². The molecule has 0 aromatic carbocycles. The molecule has 0 bridgehead atoms. The maximum absolute atomic E-state index is 12.6. The molecule has 0 N–H and O–H groups in total. The van der Waals surface area contributed by atoms with Crippen molar-refractivity contribution >= 4 is 5.91 Å². The van der Waals surface area contributed by atoms with Gasteiger partial charge in [0.25, 0.3) is 5.91 Å². The van der Waals surface area contributed by atoms with Gasteiger partial charge in [0.1, 0.15) is 5.76 Å². The van der Waals surface area contributed by atoms with Gasteiger partial charge in [-0.3, -0.25) is 4.79 Å². The van der Waals surface area contributed by atoms with Crippen LogP contribution in [0.5, 0.6) is 0 Å². The molecule has 3 rings (SSSR count). The summed E-state index contributed by atoms with van der Waals surface area (Å²) in [6.45, 7) is 7.21. The molecule has 0 radical (unpaired) electrons. The Balaban J connectivity index is 1.78. The van der Waals surface area contributed by atoms with Crippen molar-refractivity contribution in [1.29, 1.82) is 0 Å². The molecule has 1 saturated heterocycles. The molecule has 110 valence electrons. The van der Waals surface area contributed by atoms with Gasteiger partial charge in [0.15, 0.2) is 5.76 Å². The van der Waals surface area contributed by atoms with E-state index >= 15 is 0 Å². The Hall–Kier alpha value is -1.29. The number of amides is 1. The zero-order chi connectivity index (χ0) is 14.5. The Morgan fingerprint density at radius 3 is 2.85 bits per heavy atom. The number of aryl methyl sites for hydroxylation is 1. The van der Waals surface area contributed by atoms with E-state index in [1.54, 1.807) is 6.07 Å². The third kappa shape index (κ3) is 1.81. The van der Waals surface area contributed by atoms with Crippen LogP contribution in [0.1, 0.15) is 43.5 Å². The van der Waals surface area contributed by atoms with Crippen LogP contribution in [0.4, 0.5) is 0 Å². The average molecular weight is 277 g/mol. The molecule has 2 aliphatic rings. The lowest BCUT2D eigenvalue weighted by Gasteiger charge is -2.57. The van der Waals surface area contributed by atoms with E-state index in [2.05, 4.69) is 13.8 Å². The summed E-state index contributed by atoms with van der Waals surface area (Å²) in [5.74, 6) is 1.76. The Bertz CT molecular complexity index is 520. The molecule has 1 aliphatic heterocycles. The van der Waals surface area contributed by atoms with Crippen LogP contribution in [0, 0.1) is 11.3 Å². The average Bonchev–Trinajstić information content (AvgIpc) is 3.04. The highest BCUT2D eigenvalue weighted by Crippen LogP contribution is 2.54. The number of carbonyl (C=O) groups is 1. The molecule has 1 aromatic heterocycles. The SMILES string of the molecule is CCc1ccc(C(=O)N(C)C2C3CCOC3C2(C)C)o1. The van der Waals surface area contributed by atoms with Crippen molar-refractivity contribution in [3.63, 3.8) is 0 Å². The molecule has 3 unspecified atom stereocenters. The van der Waals surface area contributed by atoms with Crippen molar-refractivity contribution in [1.82, 2.24) is 4.90 Å². The predicted molar refractivity (Wildman–Crippen MR) is 75.6 cm³/mol. The van der Waals surface area contributed by atoms with Crippen LogP contribution in [-0.2, 0) is 11.2 Å². The summed E-state index contributed by atoms with van der Waals surface area (Å²) < 4.78 is 11.4. The predicted octanol–water partition coefficient (Wildman–Crippen LogP) is 2.73. The lowest BCUT2D eigenvalue weighted by Crippen LogP contribution is -2.66. The molecule has 20 heavy (non-hydrogen) atoms. The van der Waals surface area contributed by atoms with Crippen LogP contribution in [0.3, 0.4) is 0 Å². The number of furan rings is 1. The van der Waals surface area contributed by atoms with Crippen molar-refractivity contribution in [2.75, 3.05) is 13.7 Å². The van der Waals surface area contributed by atoms with Gasteiger partial charge in [-0.05, 0) is 18.6 Å². The first kappa shape index (κ1) is 13.7. The molecule has 1 aromatic rings. The molecule has 2 fully saturated rings. The van der Waals surface area contributed by atoms with Crippen molar-refractivity contribution < 1.29 is 13.9 Å². The van der Waals surface area contributed by atoms with E-state index in [0.717, 1.165) is 25.2 Å². The number of rotatable bonds is 3. The van der Waals surface area contributed by atoms with Gasteiger partial charge in [-0.1, -0.05) is 20.8 Å². The number of ether oxygens (including phenoxy) is 1. The lowest BCUT2D eigenvalue weighted by molar-refractivity contribution is -0.140. The van der Waals surface area contributed by atoms with Gasteiger partial charge >= 0.3 is 0 Å². The van der Waals surface area contributed by atoms with E-state index < -0.39 is 0 Å². The Labute approximate surface area is 120 Å². The fourth-order valence-electron chi connectivity index (χ4n) is 4.07. The molecule has 1 aliphatic carbocycles. The lowest BCUT2D eigenvalue weighted by atomic mass is 9.57. The van der Waals surface area contributed by atoms with Crippen LogP contribution in [0.15, 0.2) is 16.5 Å². The molecular weight excluding hydrogens is 254 g/mol. The third-order valence-electron chi connectivity index (χ3n) is 5.00. The van der Waals surface area contributed by atoms with Crippen LogP contribution >= 0.6 is 0 Å². The smallest absolute Gasteiger partial charge is 0.289 e. The highest BCUT2D eigenvalue weighted by atomic mass is 16.5. The topological polar surface area (TPSA) is 42.7 Å². The molecule has 1 amide bonds. The van der Waals surface area contributed by atoms with Gasteiger partial charge in [0.2, 0.25) is 0 Å². The molecule has 4 heteroatoms. The minimum atomic E-state index is -0.0203. The largest absolute Gasteiger partial charge is 0.456 e. The molecule has 4 nitrogen and oxygen atoms in total. The van der Waals surface area contributed by atoms with Gasteiger partial charge in [-0.25, -0.2) is 0 Å². The molecule has 2 heterocycles. The summed E-state index contributed by atoms with van der Waals surface area (Å²) >= 11 is 0. The Kier molecular flexibility index (Phi) is 3.16. The second kappa shape index (κ2) is 4.62. The molecule has 3 atom stereocenters. The van der Waals surface area contributed by atoms with Crippen molar-refractivity contribution in [3.05, 3.63) is 23.7 Å². The van der Waals surface area contributed by atoms with Gasteiger partial charge in [-0.15, -0.1) is 0 Å². The van der Waals surface area contributed by atoms with Crippen LogP contribution in [-0.4, -0.2) is 36.6 Å². The van der Waals surface area contributed by atoms with E-state index in [0.29, 0.717) is 17.8 Å². The second-order valence-electron chi connectivity index (χ2n) is 6.55. The standard InChI is InChI=1S/C16H23NO3/c1-5-10-6-7-12(20-10)15(18)17(4)13-11-8-9-19-14(11)16(13,2)3/h6-7,11,13-14H,5,8-9H2,1-4H3. The summed E-state index contributed by atoms with van der Waals surface area (Å²) in [4.78, 5) is 14.4. The summed E-state index contributed by atoms with van der Waals surface area (Å²) in [6, 6.07) is 3.90. The summed E-state index contributed by atoms with van der Waals surface area (Å²) in [6.07, 6.45) is 2.16. The molecule has 0 spiro atoms. The van der Waals surface area contributed by atoms with Crippen LogP contribution in [0.25, 0.3) is 0 Å². The van der Waals surface area contributed by atoms with E-state index in [4.69, 9.17) is 9.15 Å². The third-order valence-corrected chi connectivity index (χ3v) is 5.00. The molecule has 1 saturated carbocycles. The summed E-state index contributed by atoms with van der Waals surface area (Å²) in [7, 11) is 1.89. The number of fused-ring (bicyclic) bond motifs is 1. The first-order valence-corrected chi connectivity index (χ1v) is 7.44. The minimum Gasteiger partial charge on any atom is -0.456 e. The monoisotopic (exact) mass is 277 g/mol. The normalized spacial score (nSPS) is 30.7. The number of nitrogens with zero attached hydrogens (tertiary/aromatic N) is 1. The zero-order valence-electron chi connectivity index (χ0n) is 12.7. The number of hydrogen-bond acceptors (Lipinski definition) is 3. The maximum atomic E-state index is 12.6. The van der Waals surface area contributed by atoms with Gasteiger partial charge in [0.05, 0.1) is 6.10 Å². The highest BCUT2D eigenvalue weighted by molar-refractivity contribution is 5.91. The summed E-state index contributed by atoms with van der Waals surface area (Å²) in [5, 5.41) is 0. The van der Waals surface area contributed by atoms with Crippen molar-refractivity contribution in [2.45, 2.75) is 45.8 Å². The van der Waals surface area contributed by atoms with E-state index in [1.165, 1.54) is 0 Å². The minimum absolute atomic E-state index is 0.0196. The first-order valence-electron chi connectivity index (χ1n) is 7.44. The Morgan fingerprint density at radius 2 is 2.20 bits per heavy atom. The number of hydrogen-bond donors (Lipinski definition) is 0. The van der Waals surface area contributed by atoms with Gasteiger partial charge in [0, 0.05) is 37.5 Å². The first-order chi connectivity index (χ1) is 9.46. The summed E-state index contributed by atoms with van der Waals surface area (Å²) in [5.41, 5.74) is 0.0196. The van der Waals surface area contributed by atoms with Crippen LogP contribution < -0.4 is 0 Å². The zero-order valence-corrected chi connectivity index (χ0v) is 12.7. The second-order valence-corrected chi connectivity index (χ2v) is 6.55. The fourth-order valence-corrected chi connectivity index (χ4v) is 4.07. The van der Waals surface area contributed by atoms with Gasteiger partial charge in [-0.2, -0.15) is 0 Å². The van der Waals surface area contributed by atoms with E-state index in [1.807, 2.05) is 24.9 Å².